The molecular formula is C38H52N2O5. The van der Waals surface area contributed by atoms with Crippen LogP contribution in [0.3, 0.4) is 0 Å². The first-order valence-electron chi connectivity index (χ1n) is 17.0. The number of aromatic hydroxyl groups is 1. The largest absolute Gasteiger partial charge is 0.508 e. The van der Waals surface area contributed by atoms with Gasteiger partial charge in [0.1, 0.15) is 28.7 Å². The SMILES string of the molecule is CCCCCCCCCCCCCCCCCCNC(=O)C(=O)Nc1ccc(Oc2ccc(Oc3ccc(O)cc3)cc2)cc1. The van der Waals surface area contributed by atoms with Crippen molar-refractivity contribution in [2.75, 3.05) is 11.9 Å². The number of phenolic OH excluding ortho intramolecular Hbond substituents is 1. The minimum atomic E-state index is -0.677. The molecule has 0 spiro atoms. The van der Waals surface area contributed by atoms with Crippen LogP contribution in [0.15, 0.2) is 72.8 Å². The van der Waals surface area contributed by atoms with E-state index in [0.717, 1.165) is 12.8 Å². The normalized spacial score (nSPS) is 10.8. The lowest BCUT2D eigenvalue weighted by Crippen LogP contribution is -2.35. The van der Waals surface area contributed by atoms with E-state index >= 15 is 0 Å². The third-order valence-electron chi connectivity index (χ3n) is 7.77. The van der Waals surface area contributed by atoms with Crippen LogP contribution in [0.2, 0.25) is 0 Å². The Kier molecular flexibility index (Phi) is 17.1. The fraction of sp³-hybridized carbons (Fsp3) is 0.474. The van der Waals surface area contributed by atoms with Crippen LogP contribution in [-0.4, -0.2) is 23.5 Å². The van der Waals surface area contributed by atoms with Crippen LogP contribution in [0.1, 0.15) is 110 Å². The molecule has 0 saturated carbocycles. The Morgan fingerprint density at radius 2 is 0.867 bits per heavy atom. The monoisotopic (exact) mass is 616 g/mol. The maximum absolute atomic E-state index is 12.3. The molecule has 0 unspecified atom stereocenters. The molecule has 0 fully saturated rings. The number of amides is 2. The number of unbranched alkanes of at least 4 members (excludes halogenated alkanes) is 15. The van der Waals surface area contributed by atoms with Crippen LogP contribution in [0.5, 0.6) is 28.7 Å². The number of carbonyl (C=O) groups excluding carboxylic acids is 2. The summed E-state index contributed by atoms with van der Waals surface area (Å²) in [5, 5.41) is 14.7. The van der Waals surface area contributed by atoms with Crippen molar-refractivity contribution in [2.24, 2.45) is 0 Å². The number of hydrogen-bond acceptors (Lipinski definition) is 5. The lowest BCUT2D eigenvalue weighted by atomic mass is 10.0. The Bertz CT molecular complexity index is 1230. The standard InChI is InChI=1S/C38H52N2O5/c1-2-3-4-5-6-7-8-9-10-11-12-13-14-15-16-17-30-39-37(42)38(43)40-31-18-22-33(23-19-31)44-35-26-28-36(29-27-35)45-34-24-20-32(41)21-25-34/h18-29,41H,2-17,30H2,1H3,(H,39,42)(H,40,43). The zero-order chi connectivity index (χ0) is 32.0. The summed E-state index contributed by atoms with van der Waals surface area (Å²) in [5.74, 6) is 1.36. The van der Waals surface area contributed by atoms with Crippen molar-refractivity contribution in [1.29, 1.82) is 0 Å². The topological polar surface area (TPSA) is 96.9 Å². The van der Waals surface area contributed by atoms with E-state index in [1.165, 1.54) is 89.9 Å². The number of rotatable bonds is 22. The zero-order valence-corrected chi connectivity index (χ0v) is 27.0. The molecule has 0 aliphatic rings. The molecular weight excluding hydrogens is 564 g/mol. The second-order valence-electron chi connectivity index (χ2n) is 11.7. The van der Waals surface area contributed by atoms with Gasteiger partial charge in [0.25, 0.3) is 0 Å². The number of anilines is 1. The summed E-state index contributed by atoms with van der Waals surface area (Å²) in [6.07, 6.45) is 20.8. The number of hydrogen-bond donors (Lipinski definition) is 3. The quantitative estimate of drug-likeness (QED) is 0.0771. The molecule has 45 heavy (non-hydrogen) atoms. The molecule has 0 saturated heterocycles. The molecule has 0 aliphatic carbocycles. The van der Waals surface area contributed by atoms with Crippen molar-refractivity contribution < 1.29 is 24.2 Å². The third-order valence-corrected chi connectivity index (χ3v) is 7.77. The van der Waals surface area contributed by atoms with E-state index in [1.807, 2.05) is 0 Å². The van der Waals surface area contributed by atoms with Gasteiger partial charge in [-0.3, -0.25) is 9.59 Å². The van der Waals surface area contributed by atoms with Crippen molar-refractivity contribution in [2.45, 2.75) is 110 Å². The zero-order valence-electron chi connectivity index (χ0n) is 27.0. The first-order valence-corrected chi connectivity index (χ1v) is 17.0. The van der Waals surface area contributed by atoms with Crippen LogP contribution in [0.25, 0.3) is 0 Å². The van der Waals surface area contributed by atoms with Crippen molar-refractivity contribution in [3.63, 3.8) is 0 Å². The highest BCUT2D eigenvalue weighted by atomic mass is 16.5. The fourth-order valence-electron chi connectivity index (χ4n) is 5.11. The summed E-state index contributed by atoms with van der Waals surface area (Å²) < 4.78 is 11.6. The van der Waals surface area contributed by atoms with Crippen LogP contribution in [0, 0.1) is 0 Å². The summed E-state index contributed by atoms with van der Waals surface area (Å²) in [5.41, 5.74) is 0.516. The van der Waals surface area contributed by atoms with Crippen LogP contribution in [-0.2, 0) is 9.59 Å². The lowest BCUT2D eigenvalue weighted by Gasteiger charge is -2.10. The minimum absolute atomic E-state index is 0.181. The Hall–Kier alpha value is -4.00. The number of nitrogens with one attached hydrogen (secondary N) is 2. The Morgan fingerprint density at radius 1 is 0.511 bits per heavy atom. The summed E-state index contributed by atoms with van der Waals surface area (Å²) in [6.45, 7) is 2.78. The van der Waals surface area contributed by atoms with Crippen molar-refractivity contribution in [3.8, 4) is 28.7 Å². The molecule has 3 rings (SSSR count). The highest BCUT2D eigenvalue weighted by Gasteiger charge is 2.13. The second kappa shape index (κ2) is 21.7. The van der Waals surface area contributed by atoms with Gasteiger partial charge in [0, 0.05) is 12.2 Å². The third kappa shape index (κ3) is 15.5. The Labute approximate surface area is 269 Å². The molecule has 3 aromatic carbocycles. The van der Waals surface area contributed by atoms with E-state index in [1.54, 1.807) is 72.8 Å². The number of phenols is 1. The Morgan fingerprint density at radius 3 is 1.29 bits per heavy atom. The first-order chi connectivity index (χ1) is 22.0. The van der Waals surface area contributed by atoms with Crippen molar-refractivity contribution in [3.05, 3.63) is 72.8 Å². The molecule has 0 radical (unpaired) electrons. The molecule has 0 bridgehead atoms. The van der Waals surface area contributed by atoms with E-state index < -0.39 is 11.8 Å². The molecule has 3 N–H and O–H groups in total. The summed E-state index contributed by atoms with van der Waals surface area (Å²) in [4.78, 5) is 24.5. The van der Waals surface area contributed by atoms with Crippen LogP contribution in [0.4, 0.5) is 5.69 Å². The van der Waals surface area contributed by atoms with E-state index in [4.69, 9.17) is 9.47 Å². The molecule has 7 heteroatoms. The lowest BCUT2D eigenvalue weighted by molar-refractivity contribution is -0.136. The van der Waals surface area contributed by atoms with E-state index in [0.29, 0.717) is 35.2 Å². The highest BCUT2D eigenvalue weighted by Crippen LogP contribution is 2.28. The van der Waals surface area contributed by atoms with E-state index in [-0.39, 0.29) is 5.75 Å². The van der Waals surface area contributed by atoms with Gasteiger partial charge in [-0.1, -0.05) is 103 Å². The molecule has 2 amide bonds. The fourth-order valence-corrected chi connectivity index (χ4v) is 5.11. The molecule has 244 valence electrons. The minimum Gasteiger partial charge on any atom is -0.508 e. The Balaban J connectivity index is 1.19. The van der Waals surface area contributed by atoms with Gasteiger partial charge in [0.05, 0.1) is 0 Å². The van der Waals surface area contributed by atoms with E-state index in [2.05, 4.69) is 17.6 Å². The van der Waals surface area contributed by atoms with Gasteiger partial charge >= 0.3 is 11.8 Å². The average Bonchev–Trinajstić information content (AvgIpc) is 3.05. The van der Waals surface area contributed by atoms with Gasteiger partial charge < -0.3 is 25.2 Å². The smallest absolute Gasteiger partial charge is 0.313 e. The summed E-state index contributed by atoms with van der Waals surface area (Å²) >= 11 is 0. The molecule has 0 aliphatic heterocycles. The maximum Gasteiger partial charge on any atom is 0.313 e. The summed E-state index contributed by atoms with van der Waals surface area (Å²) in [7, 11) is 0. The van der Waals surface area contributed by atoms with Gasteiger partial charge in [-0.2, -0.15) is 0 Å². The van der Waals surface area contributed by atoms with Gasteiger partial charge in [-0.05, 0) is 79.2 Å². The number of benzene rings is 3. The van der Waals surface area contributed by atoms with Crippen LogP contribution >= 0.6 is 0 Å². The van der Waals surface area contributed by atoms with Gasteiger partial charge in [0.2, 0.25) is 0 Å². The predicted octanol–water partition coefficient (Wildman–Crippen LogP) is 10.3. The van der Waals surface area contributed by atoms with Crippen LogP contribution < -0.4 is 20.1 Å². The van der Waals surface area contributed by atoms with Gasteiger partial charge in [-0.15, -0.1) is 0 Å². The first kappa shape index (κ1) is 35.5. The molecule has 0 atom stereocenters. The van der Waals surface area contributed by atoms with Gasteiger partial charge in [-0.25, -0.2) is 0 Å². The van der Waals surface area contributed by atoms with Crippen molar-refractivity contribution in [1.82, 2.24) is 5.32 Å². The summed E-state index contributed by atoms with van der Waals surface area (Å²) in [6, 6.07) is 20.5. The molecule has 0 heterocycles. The van der Waals surface area contributed by atoms with E-state index in [9.17, 15) is 14.7 Å². The second-order valence-corrected chi connectivity index (χ2v) is 11.7. The van der Waals surface area contributed by atoms with Gasteiger partial charge in [0.15, 0.2) is 0 Å². The number of carbonyl (C=O) groups is 2. The molecule has 7 nitrogen and oxygen atoms in total. The molecule has 0 aromatic heterocycles. The molecule has 3 aromatic rings. The predicted molar refractivity (Wildman–Crippen MR) is 182 cm³/mol. The highest BCUT2D eigenvalue weighted by molar-refractivity contribution is 6.39. The average molecular weight is 617 g/mol. The van der Waals surface area contributed by atoms with Crippen molar-refractivity contribution >= 4 is 17.5 Å². The number of ether oxygens (including phenoxy) is 2. The maximum atomic E-state index is 12.3.